The molecule has 0 fully saturated rings. The van der Waals surface area contributed by atoms with Crippen molar-refractivity contribution in [1.82, 2.24) is 5.14 Å². The van der Waals surface area contributed by atoms with Crippen molar-refractivity contribution in [2.45, 2.75) is 26.2 Å². The van der Waals surface area contributed by atoms with E-state index in [1.54, 1.807) is 0 Å². The van der Waals surface area contributed by atoms with Gasteiger partial charge in [-0.15, -0.1) is 0 Å². The molecular weight excluding hydrogens is 138 g/mol. The molecule has 0 aliphatic heterocycles. The van der Waals surface area contributed by atoms with Crippen LogP contribution in [0.1, 0.15) is 26.2 Å². The molecule has 0 atom stereocenters. The van der Waals surface area contributed by atoms with E-state index < -0.39 is 10.0 Å². The lowest BCUT2D eigenvalue weighted by Gasteiger charge is -1.91. The Kier molecular flexibility index (Phi) is 3.81. The maximum absolute atomic E-state index is 10.1. The van der Waals surface area contributed by atoms with Crippen molar-refractivity contribution in [3.8, 4) is 0 Å². The summed E-state index contributed by atoms with van der Waals surface area (Å²) in [4.78, 5) is 0. The van der Waals surface area contributed by atoms with Gasteiger partial charge in [0.05, 0.1) is 5.75 Å². The van der Waals surface area contributed by atoms with Gasteiger partial charge in [-0.3, -0.25) is 0 Å². The van der Waals surface area contributed by atoms with Gasteiger partial charge in [-0.1, -0.05) is 19.8 Å². The third-order valence-electron chi connectivity index (χ3n) is 1.01. The van der Waals surface area contributed by atoms with E-state index >= 15 is 0 Å². The second kappa shape index (κ2) is 3.85. The van der Waals surface area contributed by atoms with Gasteiger partial charge in [0.15, 0.2) is 0 Å². The van der Waals surface area contributed by atoms with Crippen LogP contribution >= 0.6 is 0 Å². The molecule has 0 amide bonds. The van der Waals surface area contributed by atoms with E-state index in [1.807, 2.05) is 6.92 Å². The number of unbranched alkanes of at least 4 members (excludes halogenated alkanes) is 2. The van der Waals surface area contributed by atoms with Gasteiger partial charge in [-0.2, -0.15) is 0 Å². The van der Waals surface area contributed by atoms with E-state index in [1.165, 1.54) is 0 Å². The molecule has 0 heterocycles. The summed E-state index contributed by atoms with van der Waals surface area (Å²) in [6.07, 6.45) is 2.39. The predicted octanol–water partition coefficient (Wildman–Crippen LogP) is 0.575. The Hall–Kier alpha value is -0.0900. The molecule has 0 aromatic heterocycles. The van der Waals surface area contributed by atoms with E-state index in [0.29, 0.717) is 6.42 Å². The molecule has 9 heavy (non-hydrogen) atoms. The van der Waals surface area contributed by atoms with Gasteiger partial charge in [-0.25, -0.2) is 8.42 Å². The quantitative estimate of drug-likeness (QED) is 0.549. The van der Waals surface area contributed by atoms with Gasteiger partial charge in [0.1, 0.15) is 0 Å². The lowest BCUT2D eigenvalue weighted by Crippen LogP contribution is -2.05. The standard InChI is InChI=1S/C5H11NO2S/c1-2-3-4-5-9(6,7)8/h2-5H2,1H3. The zero-order valence-corrected chi connectivity index (χ0v) is 6.32. The monoisotopic (exact) mass is 149 g/mol. The third kappa shape index (κ3) is 7.91. The van der Waals surface area contributed by atoms with Crippen molar-refractivity contribution < 1.29 is 8.42 Å². The van der Waals surface area contributed by atoms with Crippen molar-refractivity contribution in [2.75, 3.05) is 5.75 Å². The molecule has 0 rings (SSSR count). The van der Waals surface area contributed by atoms with Crippen LogP contribution in [0.15, 0.2) is 0 Å². The molecule has 54 valence electrons. The Labute approximate surface area is 56.3 Å². The first kappa shape index (κ1) is 8.91. The summed E-state index contributed by atoms with van der Waals surface area (Å²) in [7, 11) is -3.70. The van der Waals surface area contributed by atoms with Gasteiger partial charge >= 0.3 is 0 Å². The van der Waals surface area contributed by atoms with Gasteiger partial charge in [0, 0.05) is 0 Å². The zero-order chi connectivity index (χ0) is 7.33. The van der Waals surface area contributed by atoms with Gasteiger partial charge in [-0.05, 0) is 11.6 Å². The fourth-order valence-electron chi connectivity index (χ4n) is 0.534. The molecule has 0 bridgehead atoms. The molecule has 0 saturated heterocycles. The fourth-order valence-corrected chi connectivity index (χ4v) is 1.10. The Morgan fingerprint density at radius 3 is 2.22 bits per heavy atom. The molecule has 0 aliphatic carbocycles. The van der Waals surface area contributed by atoms with Crippen LogP contribution in [0.25, 0.3) is 0 Å². The van der Waals surface area contributed by atoms with Gasteiger partial charge in [0.25, 0.3) is 0 Å². The molecule has 0 spiro atoms. The maximum Gasteiger partial charge on any atom is 0.244 e. The Bertz CT molecular complexity index is 150. The summed E-state index contributed by atoms with van der Waals surface area (Å²) in [6.45, 7) is 1.98. The highest BCUT2D eigenvalue weighted by Crippen LogP contribution is 1.95. The summed E-state index contributed by atoms with van der Waals surface area (Å²) in [6, 6.07) is 0. The molecule has 0 N–H and O–H groups in total. The lowest BCUT2D eigenvalue weighted by molar-refractivity contribution is 0.591. The van der Waals surface area contributed by atoms with Crippen molar-refractivity contribution in [3.05, 3.63) is 0 Å². The Morgan fingerprint density at radius 2 is 1.89 bits per heavy atom. The molecule has 0 unspecified atom stereocenters. The number of hydrogen-bond acceptors (Lipinski definition) is 2. The highest BCUT2D eigenvalue weighted by Gasteiger charge is 2.02. The number of sulfonamides is 1. The van der Waals surface area contributed by atoms with Gasteiger partial charge < -0.3 is 0 Å². The van der Waals surface area contributed by atoms with Crippen LogP contribution in [-0.2, 0) is 10.0 Å². The summed E-state index contributed by atoms with van der Waals surface area (Å²) in [5.41, 5.74) is 0. The van der Waals surface area contributed by atoms with E-state index in [9.17, 15) is 8.42 Å². The normalized spacial score (nSPS) is 11.8. The van der Waals surface area contributed by atoms with Crippen LogP contribution in [0.5, 0.6) is 0 Å². The first-order valence-electron chi connectivity index (χ1n) is 3.01. The fraction of sp³-hybridized carbons (Fsp3) is 1.00. The van der Waals surface area contributed by atoms with E-state index in [0.717, 1.165) is 12.8 Å². The van der Waals surface area contributed by atoms with E-state index in [-0.39, 0.29) is 5.75 Å². The Morgan fingerprint density at radius 1 is 1.33 bits per heavy atom. The summed E-state index contributed by atoms with van der Waals surface area (Å²) in [5.74, 6) is -0.0964. The van der Waals surface area contributed by atoms with Crippen molar-refractivity contribution in [2.24, 2.45) is 0 Å². The summed E-state index contributed by atoms with van der Waals surface area (Å²) in [5, 5.41) is 8.22. The van der Waals surface area contributed by atoms with E-state index in [2.05, 4.69) is 0 Å². The van der Waals surface area contributed by atoms with Crippen LogP contribution in [0.4, 0.5) is 0 Å². The number of nitrogens with zero attached hydrogens (tertiary/aromatic N) is 1. The minimum Gasteiger partial charge on any atom is -0.209 e. The SMILES string of the molecule is CCCCCS([N])(=O)=O. The van der Waals surface area contributed by atoms with Crippen molar-refractivity contribution >= 4 is 10.0 Å². The first-order chi connectivity index (χ1) is 4.06. The topological polar surface area (TPSA) is 56.4 Å². The maximum atomic E-state index is 10.1. The largest absolute Gasteiger partial charge is 0.244 e. The highest BCUT2D eigenvalue weighted by molar-refractivity contribution is 7.88. The molecule has 0 aromatic rings. The van der Waals surface area contributed by atoms with Crippen LogP contribution in [0.2, 0.25) is 0 Å². The molecule has 3 nitrogen and oxygen atoms in total. The second-order valence-electron chi connectivity index (χ2n) is 1.99. The average Bonchev–Trinajstić information content (AvgIpc) is 1.63. The zero-order valence-electron chi connectivity index (χ0n) is 5.50. The number of rotatable bonds is 4. The van der Waals surface area contributed by atoms with Crippen molar-refractivity contribution in [1.29, 1.82) is 0 Å². The minimum atomic E-state index is -3.70. The molecule has 0 aliphatic rings. The van der Waals surface area contributed by atoms with Crippen LogP contribution in [-0.4, -0.2) is 14.2 Å². The third-order valence-corrected chi connectivity index (χ3v) is 1.81. The summed E-state index contributed by atoms with van der Waals surface area (Å²) < 4.78 is 20.1. The first-order valence-corrected chi connectivity index (χ1v) is 4.62. The molecular formula is C5H11NO2S. The predicted molar refractivity (Wildman–Crippen MR) is 35.4 cm³/mol. The molecule has 2 radical (unpaired) electrons. The molecule has 0 saturated carbocycles. The number of hydrogen-bond donors (Lipinski definition) is 0. The summed E-state index contributed by atoms with van der Waals surface area (Å²) >= 11 is 0. The van der Waals surface area contributed by atoms with Crippen LogP contribution in [0, 0.1) is 0 Å². The lowest BCUT2D eigenvalue weighted by atomic mass is 10.3. The smallest absolute Gasteiger partial charge is 0.209 e. The average molecular weight is 149 g/mol. The minimum absolute atomic E-state index is 0.0964. The Balaban J connectivity index is 3.30. The highest BCUT2D eigenvalue weighted by atomic mass is 32.2. The van der Waals surface area contributed by atoms with Crippen molar-refractivity contribution in [3.63, 3.8) is 0 Å². The van der Waals surface area contributed by atoms with Crippen LogP contribution < -0.4 is 5.14 Å². The molecule has 0 aromatic carbocycles. The van der Waals surface area contributed by atoms with E-state index in [4.69, 9.17) is 5.14 Å². The van der Waals surface area contributed by atoms with Gasteiger partial charge in [0.2, 0.25) is 10.0 Å². The second-order valence-corrected chi connectivity index (χ2v) is 3.57. The molecule has 4 heteroatoms. The van der Waals surface area contributed by atoms with Crippen LogP contribution in [0.3, 0.4) is 0 Å².